The Morgan fingerprint density at radius 3 is 2.55 bits per heavy atom. The van der Waals surface area contributed by atoms with E-state index in [1.165, 1.54) is 6.07 Å². The Bertz CT molecular complexity index is 1140. The topological polar surface area (TPSA) is 38.7 Å². The Hall–Kier alpha value is -3.27. The maximum atomic E-state index is 14.7. The fourth-order valence-corrected chi connectivity index (χ4v) is 3.85. The van der Waals surface area contributed by atoms with Gasteiger partial charge in [-0.1, -0.05) is 61.5 Å². The van der Waals surface area contributed by atoms with Crippen molar-refractivity contribution in [1.82, 2.24) is 0 Å². The van der Waals surface area contributed by atoms with Gasteiger partial charge in [-0.3, -0.25) is 4.79 Å². The molecule has 1 heterocycles. The van der Waals surface area contributed by atoms with Crippen LogP contribution in [0.5, 0.6) is 0 Å². The van der Waals surface area contributed by atoms with Crippen LogP contribution in [0, 0.1) is 18.7 Å². The molecule has 0 fully saturated rings. The highest BCUT2D eigenvalue weighted by atomic mass is 19.1. The van der Waals surface area contributed by atoms with Crippen LogP contribution < -0.4 is 0 Å². The molecular formula is C27H26FNO2. The van der Waals surface area contributed by atoms with Crippen molar-refractivity contribution in [3.63, 3.8) is 0 Å². The summed E-state index contributed by atoms with van der Waals surface area (Å²) in [6.07, 6.45) is 0.729. The van der Waals surface area contributed by atoms with E-state index in [0.717, 1.165) is 22.4 Å². The summed E-state index contributed by atoms with van der Waals surface area (Å²) < 4.78 is 14.7. The lowest BCUT2D eigenvalue weighted by Crippen LogP contribution is -2.07. The first-order chi connectivity index (χ1) is 14.9. The predicted molar refractivity (Wildman–Crippen MR) is 122 cm³/mol. The third kappa shape index (κ3) is 4.74. The third-order valence-corrected chi connectivity index (χ3v) is 5.45. The number of benzene rings is 3. The van der Waals surface area contributed by atoms with E-state index < -0.39 is 0 Å². The minimum absolute atomic E-state index is 0.0489. The molecule has 1 aliphatic rings. The van der Waals surface area contributed by atoms with Crippen molar-refractivity contribution in [2.45, 2.75) is 39.7 Å². The smallest absolute Gasteiger partial charge is 0.163 e. The van der Waals surface area contributed by atoms with Crippen LogP contribution in [0.4, 0.5) is 4.39 Å². The molecule has 1 aliphatic heterocycles. The van der Waals surface area contributed by atoms with E-state index in [1.54, 1.807) is 12.1 Å². The first kappa shape index (κ1) is 21.0. The fraction of sp³-hybridized carbons (Fsp3) is 0.259. The highest BCUT2D eigenvalue weighted by Crippen LogP contribution is 2.34. The van der Waals surface area contributed by atoms with Gasteiger partial charge < -0.3 is 4.84 Å². The van der Waals surface area contributed by atoms with Crippen LogP contribution in [0.2, 0.25) is 0 Å². The number of carbonyl (C=O) groups excluding carboxylic acids is 1. The molecular weight excluding hydrogens is 389 g/mol. The van der Waals surface area contributed by atoms with Gasteiger partial charge in [0, 0.05) is 24.0 Å². The molecule has 3 nitrogen and oxygen atoms in total. The molecule has 0 bridgehead atoms. The van der Waals surface area contributed by atoms with Crippen LogP contribution in [0.1, 0.15) is 59.8 Å². The van der Waals surface area contributed by atoms with Gasteiger partial charge in [-0.2, -0.15) is 0 Å². The van der Waals surface area contributed by atoms with E-state index in [4.69, 9.17) is 4.84 Å². The maximum Gasteiger partial charge on any atom is 0.163 e. The summed E-state index contributed by atoms with van der Waals surface area (Å²) in [5.41, 5.74) is 5.31. The monoisotopic (exact) mass is 415 g/mol. The molecule has 0 aromatic heterocycles. The Morgan fingerprint density at radius 1 is 1.06 bits per heavy atom. The number of ketones is 1. The van der Waals surface area contributed by atoms with E-state index in [2.05, 4.69) is 5.16 Å². The average Bonchev–Trinajstić information content (AvgIpc) is 3.24. The van der Waals surface area contributed by atoms with E-state index >= 15 is 0 Å². The predicted octanol–water partition coefficient (Wildman–Crippen LogP) is 6.90. The normalized spacial score (nSPS) is 15.6. The van der Waals surface area contributed by atoms with Gasteiger partial charge in [-0.25, -0.2) is 4.39 Å². The molecule has 0 amide bonds. The van der Waals surface area contributed by atoms with Crippen molar-refractivity contribution < 1.29 is 14.0 Å². The van der Waals surface area contributed by atoms with Crippen LogP contribution in [-0.4, -0.2) is 11.5 Å². The van der Waals surface area contributed by atoms with E-state index in [-0.39, 0.29) is 23.6 Å². The van der Waals surface area contributed by atoms with E-state index in [0.29, 0.717) is 29.5 Å². The maximum absolute atomic E-state index is 14.7. The molecule has 0 aliphatic carbocycles. The molecule has 0 radical (unpaired) electrons. The van der Waals surface area contributed by atoms with Gasteiger partial charge in [0.05, 0.1) is 5.71 Å². The number of aryl methyl sites for hydroxylation is 1. The number of oxime groups is 1. The Labute approximate surface area is 182 Å². The molecule has 0 spiro atoms. The summed E-state index contributed by atoms with van der Waals surface area (Å²) >= 11 is 0. The number of carbonyl (C=O) groups is 1. The van der Waals surface area contributed by atoms with Crippen LogP contribution in [-0.2, 0) is 4.84 Å². The van der Waals surface area contributed by atoms with Gasteiger partial charge in [0.15, 0.2) is 11.9 Å². The van der Waals surface area contributed by atoms with Crippen LogP contribution in [0.25, 0.3) is 11.1 Å². The third-order valence-electron chi connectivity index (χ3n) is 5.45. The van der Waals surface area contributed by atoms with Gasteiger partial charge in [0.1, 0.15) is 5.82 Å². The summed E-state index contributed by atoms with van der Waals surface area (Å²) in [7, 11) is 0. The lowest BCUT2D eigenvalue weighted by molar-refractivity contribution is 0.0855. The summed E-state index contributed by atoms with van der Waals surface area (Å²) in [6.45, 7) is 5.89. The first-order valence-corrected chi connectivity index (χ1v) is 10.6. The van der Waals surface area contributed by atoms with Gasteiger partial charge in [0.2, 0.25) is 0 Å². The van der Waals surface area contributed by atoms with Gasteiger partial charge in [0.25, 0.3) is 0 Å². The highest BCUT2D eigenvalue weighted by molar-refractivity contribution is 6.01. The fourth-order valence-electron chi connectivity index (χ4n) is 3.85. The van der Waals surface area contributed by atoms with E-state index in [1.807, 2.05) is 69.3 Å². The largest absolute Gasteiger partial charge is 0.387 e. The molecule has 0 saturated carbocycles. The van der Waals surface area contributed by atoms with Crippen molar-refractivity contribution in [2.24, 2.45) is 11.1 Å². The van der Waals surface area contributed by atoms with Crippen LogP contribution >= 0.6 is 0 Å². The molecule has 4 heteroatoms. The Balaban J connectivity index is 1.71. The highest BCUT2D eigenvalue weighted by Gasteiger charge is 2.26. The number of rotatable bonds is 6. The average molecular weight is 416 g/mol. The van der Waals surface area contributed by atoms with Crippen molar-refractivity contribution in [2.75, 3.05) is 0 Å². The molecule has 158 valence electrons. The number of hydrogen-bond donors (Lipinski definition) is 0. The number of halogens is 1. The number of hydrogen-bond acceptors (Lipinski definition) is 3. The van der Waals surface area contributed by atoms with Crippen LogP contribution in [0.3, 0.4) is 0 Å². The molecule has 0 N–H and O–H groups in total. The van der Waals surface area contributed by atoms with Crippen molar-refractivity contribution in [3.05, 3.63) is 94.8 Å². The summed E-state index contributed by atoms with van der Waals surface area (Å²) in [6, 6.07) is 20.6. The molecule has 1 unspecified atom stereocenters. The number of Topliss-reactive ketones (excluding diaryl/α,β-unsaturated/α-hetero) is 1. The second-order valence-electron chi connectivity index (χ2n) is 8.55. The Kier molecular flexibility index (Phi) is 5.99. The first-order valence-electron chi connectivity index (χ1n) is 10.6. The quantitative estimate of drug-likeness (QED) is 0.411. The Morgan fingerprint density at radius 2 is 1.84 bits per heavy atom. The lowest BCUT2D eigenvalue weighted by atomic mass is 9.91. The molecule has 0 saturated heterocycles. The standard InChI is InChI=1S/C27H26FNO2/c1-17(2)11-26(30)21-13-20(23-10-9-18(3)12-24(23)28)14-22(15-21)27-16-25(29-31-27)19-7-5-4-6-8-19/h4-10,12-15,17,27H,11,16H2,1-3H3. The van der Waals surface area contributed by atoms with Gasteiger partial charge in [-0.05, 0) is 59.4 Å². The van der Waals surface area contributed by atoms with Crippen LogP contribution in [0.15, 0.2) is 71.9 Å². The van der Waals surface area contributed by atoms with Crippen molar-refractivity contribution in [1.29, 1.82) is 0 Å². The van der Waals surface area contributed by atoms with Crippen molar-refractivity contribution in [3.8, 4) is 11.1 Å². The zero-order valence-electron chi connectivity index (χ0n) is 18.1. The molecule has 3 aromatic carbocycles. The summed E-state index contributed by atoms with van der Waals surface area (Å²) in [4.78, 5) is 18.6. The summed E-state index contributed by atoms with van der Waals surface area (Å²) in [5, 5.41) is 4.28. The lowest BCUT2D eigenvalue weighted by Gasteiger charge is -2.15. The number of nitrogens with zero attached hydrogens (tertiary/aromatic N) is 1. The van der Waals surface area contributed by atoms with Gasteiger partial charge >= 0.3 is 0 Å². The van der Waals surface area contributed by atoms with Crippen molar-refractivity contribution >= 4 is 11.5 Å². The summed E-state index contributed by atoms with van der Waals surface area (Å²) in [5.74, 6) is -0.00717. The van der Waals surface area contributed by atoms with Gasteiger partial charge in [-0.15, -0.1) is 0 Å². The second-order valence-corrected chi connectivity index (χ2v) is 8.55. The molecule has 4 rings (SSSR count). The minimum atomic E-state index is -0.311. The minimum Gasteiger partial charge on any atom is -0.387 e. The zero-order chi connectivity index (χ0) is 22.0. The second kappa shape index (κ2) is 8.84. The molecule has 3 aromatic rings. The molecule has 1 atom stereocenters. The van der Waals surface area contributed by atoms with E-state index in [9.17, 15) is 9.18 Å². The zero-order valence-corrected chi connectivity index (χ0v) is 18.1. The SMILES string of the molecule is Cc1ccc(-c2cc(C(=O)CC(C)C)cc(C3CC(c4ccccc4)=NO3)c2)c(F)c1. The molecule has 31 heavy (non-hydrogen) atoms.